The molecule has 0 aliphatic heterocycles. The number of nitrogens with zero attached hydrogens (tertiary/aromatic N) is 1. The molecule has 2 rings (SSSR count). The molecule has 0 bridgehead atoms. The summed E-state index contributed by atoms with van der Waals surface area (Å²) in [7, 11) is 1.75. The van der Waals surface area contributed by atoms with E-state index in [1.165, 1.54) is 19.1 Å². The fraction of sp³-hybridized carbons (Fsp3) is 0.214. The zero-order valence-corrected chi connectivity index (χ0v) is 11.4. The summed E-state index contributed by atoms with van der Waals surface area (Å²) in [6, 6.07) is 7.56. The smallest absolute Gasteiger partial charge is 0.439 e. The Hall–Kier alpha value is -2.44. The molecule has 0 unspecified atom stereocenters. The summed E-state index contributed by atoms with van der Waals surface area (Å²) in [4.78, 5) is 4.02. The molecule has 1 aromatic heterocycles. The van der Waals surface area contributed by atoms with Crippen LogP contribution in [0.5, 0.6) is 17.4 Å². The molecule has 0 radical (unpaired) electrons. The summed E-state index contributed by atoms with van der Waals surface area (Å²) >= 11 is 0. The largest absolute Gasteiger partial charge is 0.573 e. The van der Waals surface area contributed by atoms with E-state index in [1.807, 2.05) is 0 Å². The van der Waals surface area contributed by atoms with Gasteiger partial charge in [-0.3, -0.25) is 0 Å². The lowest BCUT2D eigenvalue weighted by molar-refractivity contribution is -0.274. The van der Waals surface area contributed by atoms with Gasteiger partial charge in [0.15, 0.2) is 0 Å². The highest BCUT2D eigenvalue weighted by molar-refractivity contribution is 5.44. The minimum atomic E-state index is -4.74. The quantitative estimate of drug-likeness (QED) is 0.922. The van der Waals surface area contributed by atoms with Gasteiger partial charge >= 0.3 is 6.36 Å². The molecule has 0 aliphatic carbocycles. The molecule has 0 spiro atoms. The third-order valence-corrected chi connectivity index (χ3v) is 2.63. The number of ether oxygens (including phenoxy) is 2. The summed E-state index contributed by atoms with van der Waals surface area (Å²) in [5.74, 6) is 0.187. The molecule has 0 saturated carbocycles. The number of hydrogen-bond acceptors (Lipinski definition) is 4. The zero-order chi connectivity index (χ0) is 15.5. The van der Waals surface area contributed by atoms with Gasteiger partial charge in [0, 0.05) is 19.2 Å². The van der Waals surface area contributed by atoms with Crippen LogP contribution < -0.4 is 14.8 Å². The molecule has 0 amide bonds. The number of alkyl halides is 3. The fourth-order valence-corrected chi connectivity index (χ4v) is 1.59. The van der Waals surface area contributed by atoms with Crippen molar-refractivity contribution in [3.05, 3.63) is 42.1 Å². The van der Waals surface area contributed by atoms with Crippen molar-refractivity contribution in [3.8, 4) is 17.4 Å². The zero-order valence-electron chi connectivity index (χ0n) is 11.4. The number of anilines is 1. The standard InChI is InChI=1S/C14H13F3N2O2/c1-9-3-5-11(7-12(9)21-14(15,16)17)20-13-6-4-10(18-2)8-19-13/h3-8,18H,1-2H3. The number of pyridine rings is 1. The first-order chi connectivity index (χ1) is 9.87. The van der Waals surface area contributed by atoms with Gasteiger partial charge in [-0.1, -0.05) is 6.07 Å². The Balaban J connectivity index is 2.18. The Labute approximate surface area is 119 Å². The van der Waals surface area contributed by atoms with Gasteiger partial charge in [0.1, 0.15) is 11.5 Å². The molecule has 112 valence electrons. The minimum absolute atomic E-state index is 0.213. The lowest BCUT2D eigenvalue weighted by Gasteiger charge is -2.13. The monoisotopic (exact) mass is 298 g/mol. The maximum atomic E-state index is 12.3. The average Bonchev–Trinajstić information content (AvgIpc) is 2.42. The van der Waals surface area contributed by atoms with Crippen LogP contribution in [0.1, 0.15) is 5.56 Å². The predicted octanol–water partition coefficient (Wildman–Crippen LogP) is 4.12. The second-order valence-electron chi connectivity index (χ2n) is 4.21. The third-order valence-electron chi connectivity index (χ3n) is 2.63. The van der Waals surface area contributed by atoms with Crippen molar-refractivity contribution < 1.29 is 22.6 Å². The van der Waals surface area contributed by atoms with E-state index < -0.39 is 6.36 Å². The van der Waals surface area contributed by atoms with E-state index >= 15 is 0 Å². The van der Waals surface area contributed by atoms with Crippen LogP contribution in [-0.4, -0.2) is 18.4 Å². The van der Waals surface area contributed by atoms with Gasteiger partial charge in [-0.15, -0.1) is 13.2 Å². The maximum Gasteiger partial charge on any atom is 0.573 e. The molecule has 2 aromatic rings. The van der Waals surface area contributed by atoms with Crippen LogP contribution >= 0.6 is 0 Å². The van der Waals surface area contributed by atoms with Crippen LogP contribution in [0.4, 0.5) is 18.9 Å². The Morgan fingerprint density at radius 1 is 1.14 bits per heavy atom. The van der Waals surface area contributed by atoms with Crippen molar-refractivity contribution in [1.82, 2.24) is 4.98 Å². The van der Waals surface area contributed by atoms with Crippen molar-refractivity contribution in [2.75, 3.05) is 12.4 Å². The predicted molar refractivity (Wildman–Crippen MR) is 71.7 cm³/mol. The molecule has 21 heavy (non-hydrogen) atoms. The molecule has 1 aromatic carbocycles. The molecular formula is C14H13F3N2O2. The number of hydrogen-bond donors (Lipinski definition) is 1. The van der Waals surface area contributed by atoms with E-state index in [0.29, 0.717) is 5.56 Å². The number of rotatable bonds is 4. The Kier molecular flexibility index (Phi) is 4.21. The normalized spacial score (nSPS) is 11.1. The molecule has 0 atom stereocenters. The second-order valence-corrected chi connectivity index (χ2v) is 4.21. The van der Waals surface area contributed by atoms with Crippen molar-refractivity contribution in [3.63, 3.8) is 0 Å². The summed E-state index contributed by atoms with van der Waals surface area (Å²) in [5, 5.41) is 2.90. The van der Waals surface area contributed by atoms with E-state index in [-0.39, 0.29) is 17.4 Å². The lowest BCUT2D eigenvalue weighted by atomic mass is 10.2. The summed E-state index contributed by atoms with van der Waals surface area (Å²) in [5.41, 5.74) is 1.16. The average molecular weight is 298 g/mol. The number of aromatic nitrogens is 1. The van der Waals surface area contributed by atoms with Gasteiger partial charge in [0.2, 0.25) is 5.88 Å². The summed E-state index contributed by atoms with van der Waals surface area (Å²) < 4.78 is 46.2. The first-order valence-corrected chi connectivity index (χ1v) is 6.05. The molecule has 0 fully saturated rings. The van der Waals surface area contributed by atoms with Crippen LogP contribution in [0, 0.1) is 6.92 Å². The van der Waals surface area contributed by atoms with Crippen LogP contribution in [0.3, 0.4) is 0 Å². The molecule has 0 aliphatic rings. The summed E-state index contributed by atoms with van der Waals surface area (Å²) in [6.45, 7) is 1.52. The van der Waals surface area contributed by atoms with Crippen molar-refractivity contribution in [1.29, 1.82) is 0 Å². The van der Waals surface area contributed by atoms with Crippen molar-refractivity contribution in [2.24, 2.45) is 0 Å². The van der Waals surface area contributed by atoms with Crippen molar-refractivity contribution >= 4 is 5.69 Å². The first-order valence-electron chi connectivity index (χ1n) is 6.05. The number of aryl methyl sites for hydroxylation is 1. The topological polar surface area (TPSA) is 43.4 Å². The van der Waals surface area contributed by atoms with Gasteiger partial charge in [-0.05, 0) is 24.6 Å². The maximum absolute atomic E-state index is 12.3. The third kappa shape index (κ3) is 4.27. The minimum Gasteiger partial charge on any atom is -0.439 e. The number of benzene rings is 1. The van der Waals surface area contributed by atoms with Gasteiger partial charge in [0.05, 0.1) is 11.9 Å². The molecule has 1 heterocycles. The van der Waals surface area contributed by atoms with Crippen LogP contribution in [0.2, 0.25) is 0 Å². The molecular weight excluding hydrogens is 285 g/mol. The highest BCUT2D eigenvalue weighted by Crippen LogP contribution is 2.31. The highest BCUT2D eigenvalue weighted by atomic mass is 19.4. The second kappa shape index (κ2) is 5.90. The van der Waals surface area contributed by atoms with E-state index in [0.717, 1.165) is 5.69 Å². The van der Waals surface area contributed by atoms with Crippen molar-refractivity contribution in [2.45, 2.75) is 13.3 Å². The fourth-order valence-electron chi connectivity index (χ4n) is 1.59. The highest BCUT2D eigenvalue weighted by Gasteiger charge is 2.31. The Bertz CT molecular complexity index is 613. The first kappa shape index (κ1) is 15.0. The SMILES string of the molecule is CNc1ccc(Oc2ccc(C)c(OC(F)(F)F)c2)nc1. The molecule has 0 saturated heterocycles. The van der Waals surface area contributed by atoms with Gasteiger partial charge in [0.25, 0.3) is 0 Å². The van der Waals surface area contributed by atoms with E-state index in [4.69, 9.17) is 4.74 Å². The van der Waals surface area contributed by atoms with E-state index in [9.17, 15) is 13.2 Å². The van der Waals surface area contributed by atoms with Gasteiger partial charge in [-0.25, -0.2) is 4.98 Å². The molecule has 1 N–H and O–H groups in total. The van der Waals surface area contributed by atoms with Gasteiger partial charge < -0.3 is 14.8 Å². The van der Waals surface area contributed by atoms with E-state index in [2.05, 4.69) is 15.0 Å². The van der Waals surface area contributed by atoms with Crippen LogP contribution in [0.25, 0.3) is 0 Å². The van der Waals surface area contributed by atoms with Crippen LogP contribution in [-0.2, 0) is 0 Å². The Morgan fingerprint density at radius 3 is 2.48 bits per heavy atom. The van der Waals surface area contributed by atoms with E-state index in [1.54, 1.807) is 31.4 Å². The number of halogens is 3. The van der Waals surface area contributed by atoms with Crippen LogP contribution in [0.15, 0.2) is 36.5 Å². The van der Waals surface area contributed by atoms with Gasteiger partial charge in [-0.2, -0.15) is 0 Å². The molecule has 7 heteroatoms. The summed E-state index contributed by atoms with van der Waals surface area (Å²) in [6.07, 6.45) is -3.19. The Morgan fingerprint density at radius 2 is 1.90 bits per heavy atom. The number of nitrogens with one attached hydrogen (secondary N) is 1. The lowest BCUT2D eigenvalue weighted by Crippen LogP contribution is -2.17. The molecule has 4 nitrogen and oxygen atoms in total.